The summed E-state index contributed by atoms with van der Waals surface area (Å²) in [5, 5.41) is 0. The minimum Gasteiger partial charge on any atom is -0.325 e. The van der Waals surface area contributed by atoms with Gasteiger partial charge in [0, 0.05) is 11.8 Å². The highest BCUT2D eigenvalue weighted by Gasteiger charge is 2.12. The van der Waals surface area contributed by atoms with Crippen molar-refractivity contribution < 1.29 is 8.42 Å². The Morgan fingerprint density at radius 3 is 2.31 bits per heavy atom. The summed E-state index contributed by atoms with van der Waals surface area (Å²) in [6.07, 6.45) is 1.98. The molecule has 0 unspecified atom stereocenters. The molecule has 0 saturated heterocycles. The van der Waals surface area contributed by atoms with E-state index >= 15 is 0 Å². The van der Waals surface area contributed by atoms with Crippen molar-refractivity contribution in [3.8, 4) is 0 Å². The number of benzene rings is 1. The maximum absolute atomic E-state index is 11.2. The Morgan fingerprint density at radius 2 is 1.81 bits per heavy atom. The first-order valence-electron chi connectivity index (χ1n) is 5.20. The van der Waals surface area contributed by atoms with Crippen LogP contribution in [0, 0.1) is 0 Å². The van der Waals surface area contributed by atoms with Crippen LogP contribution in [0.2, 0.25) is 0 Å². The van der Waals surface area contributed by atoms with Crippen molar-refractivity contribution >= 4 is 9.84 Å². The van der Waals surface area contributed by atoms with Gasteiger partial charge in [-0.25, -0.2) is 8.42 Å². The highest BCUT2D eigenvalue weighted by Crippen LogP contribution is 2.13. The average molecular weight is 241 g/mol. The van der Waals surface area contributed by atoms with Gasteiger partial charge < -0.3 is 5.73 Å². The molecule has 0 atom stereocenters. The second-order valence-electron chi connectivity index (χ2n) is 5.06. The van der Waals surface area contributed by atoms with Crippen LogP contribution < -0.4 is 5.73 Å². The quantitative estimate of drug-likeness (QED) is 0.869. The molecule has 2 N–H and O–H groups in total. The molecule has 0 radical (unpaired) electrons. The van der Waals surface area contributed by atoms with Gasteiger partial charge in [-0.15, -0.1) is 0 Å². The van der Waals surface area contributed by atoms with Crippen LogP contribution in [0.3, 0.4) is 0 Å². The minimum atomic E-state index is -2.97. The summed E-state index contributed by atoms with van der Waals surface area (Å²) >= 11 is 0. The van der Waals surface area contributed by atoms with Crippen molar-refractivity contribution in [3.63, 3.8) is 0 Å². The Balaban J connectivity index is 2.88. The van der Waals surface area contributed by atoms with Crippen LogP contribution in [-0.2, 0) is 22.0 Å². The Kier molecular flexibility index (Phi) is 3.76. The summed E-state index contributed by atoms with van der Waals surface area (Å²) in [6, 6.07) is 7.59. The van der Waals surface area contributed by atoms with E-state index in [2.05, 4.69) is 0 Å². The first kappa shape index (κ1) is 13.2. The van der Waals surface area contributed by atoms with Crippen LogP contribution in [0.15, 0.2) is 24.3 Å². The Morgan fingerprint density at radius 1 is 1.25 bits per heavy atom. The number of rotatable bonds is 4. The first-order valence-corrected chi connectivity index (χ1v) is 7.26. The molecule has 3 nitrogen and oxygen atoms in total. The van der Waals surface area contributed by atoms with Gasteiger partial charge in [-0.3, -0.25) is 0 Å². The van der Waals surface area contributed by atoms with Gasteiger partial charge in [0.1, 0.15) is 0 Å². The minimum absolute atomic E-state index is 0.0891. The standard InChI is InChI=1S/C12H19NO2S/c1-12(2,13)8-10-5-4-6-11(7-10)9-16(3,14)15/h4-7H,8-9,13H2,1-3H3. The van der Waals surface area contributed by atoms with Crippen molar-refractivity contribution in [2.24, 2.45) is 5.73 Å². The van der Waals surface area contributed by atoms with Crippen LogP contribution in [0.25, 0.3) is 0 Å². The predicted octanol–water partition coefficient (Wildman–Crippen LogP) is 1.51. The molecule has 0 aliphatic carbocycles. The largest absolute Gasteiger partial charge is 0.325 e. The molecule has 0 amide bonds. The van der Waals surface area contributed by atoms with Gasteiger partial charge in [0.15, 0.2) is 9.84 Å². The molecule has 0 spiro atoms. The maximum Gasteiger partial charge on any atom is 0.151 e. The lowest BCUT2D eigenvalue weighted by Gasteiger charge is -2.18. The number of hydrogen-bond donors (Lipinski definition) is 1. The molecule has 0 fully saturated rings. The summed E-state index contributed by atoms with van der Waals surface area (Å²) in [5.41, 5.74) is 7.55. The molecule has 1 aromatic rings. The van der Waals surface area contributed by atoms with Crippen molar-refractivity contribution in [2.45, 2.75) is 31.6 Å². The monoisotopic (exact) mass is 241 g/mol. The highest BCUT2D eigenvalue weighted by molar-refractivity contribution is 7.89. The van der Waals surface area contributed by atoms with Gasteiger partial charge in [-0.2, -0.15) is 0 Å². The molecule has 1 rings (SSSR count). The molecule has 16 heavy (non-hydrogen) atoms. The van der Waals surface area contributed by atoms with Gasteiger partial charge in [0.25, 0.3) is 0 Å². The van der Waals surface area contributed by atoms with Gasteiger partial charge in [0.05, 0.1) is 5.75 Å². The van der Waals surface area contributed by atoms with Gasteiger partial charge in [-0.05, 0) is 31.4 Å². The van der Waals surface area contributed by atoms with Crippen molar-refractivity contribution in [2.75, 3.05) is 6.26 Å². The first-order chi connectivity index (χ1) is 7.16. The van der Waals surface area contributed by atoms with Crippen LogP contribution >= 0.6 is 0 Å². The Hall–Kier alpha value is -0.870. The zero-order valence-electron chi connectivity index (χ0n) is 10.0. The summed E-state index contributed by atoms with van der Waals surface area (Å²) in [5.74, 6) is 0.0891. The molecular formula is C12H19NO2S. The van der Waals surface area contributed by atoms with Crippen LogP contribution in [-0.4, -0.2) is 20.2 Å². The van der Waals surface area contributed by atoms with Crippen LogP contribution in [0.1, 0.15) is 25.0 Å². The Labute approximate surface area is 97.6 Å². The SMILES string of the molecule is CC(C)(N)Cc1cccc(CS(C)(=O)=O)c1. The van der Waals surface area contributed by atoms with Crippen molar-refractivity contribution in [1.29, 1.82) is 0 Å². The fourth-order valence-electron chi connectivity index (χ4n) is 1.66. The molecular weight excluding hydrogens is 222 g/mol. The lowest BCUT2D eigenvalue weighted by molar-refractivity contribution is 0.516. The number of nitrogens with two attached hydrogens (primary N) is 1. The third-order valence-corrected chi connectivity index (χ3v) is 2.94. The van der Waals surface area contributed by atoms with E-state index in [1.807, 2.05) is 38.1 Å². The normalized spacial score (nSPS) is 12.8. The van der Waals surface area contributed by atoms with Gasteiger partial charge >= 0.3 is 0 Å². The zero-order valence-corrected chi connectivity index (χ0v) is 10.8. The van der Waals surface area contributed by atoms with E-state index in [1.54, 1.807) is 0 Å². The van der Waals surface area contributed by atoms with E-state index in [9.17, 15) is 8.42 Å². The van der Waals surface area contributed by atoms with E-state index in [1.165, 1.54) is 6.26 Å². The molecule has 0 aliphatic rings. The number of hydrogen-bond acceptors (Lipinski definition) is 3. The second kappa shape index (κ2) is 4.55. The third kappa shape index (κ3) is 5.28. The second-order valence-corrected chi connectivity index (χ2v) is 7.20. The van der Waals surface area contributed by atoms with E-state index in [-0.39, 0.29) is 11.3 Å². The number of sulfone groups is 1. The summed E-state index contributed by atoms with van der Waals surface area (Å²) in [7, 11) is -2.97. The summed E-state index contributed by atoms with van der Waals surface area (Å²) in [6.45, 7) is 3.91. The molecule has 90 valence electrons. The van der Waals surface area contributed by atoms with Crippen LogP contribution in [0.4, 0.5) is 0 Å². The maximum atomic E-state index is 11.2. The Bertz CT molecular complexity index is 458. The lowest BCUT2D eigenvalue weighted by atomic mass is 9.95. The molecule has 0 aliphatic heterocycles. The average Bonchev–Trinajstić information content (AvgIpc) is 1.96. The van der Waals surface area contributed by atoms with Crippen molar-refractivity contribution in [1.82, 2.24) is 0 Å². The van der Waals surface area contributed by atoms with E-state index in [4.69, 9.17) is 5.73 Å². The van der Waals surface area contributed by atoms with Crippen molar-refractivity contribution in [3.05, 3.63) is 35.4 Å². The van der Waals surface area contributed by atoms with E-state index < -0.39 is 9.84 Å². The molecule has 0 aromatic heterocycles. The molecule has 0 saturated carbocycles. The van der Waals surface area contributed by atoms with Crippen LogP contribution in [0.5, 0.6) is 0 Å². The zero-order chi connectivity index (χ0) is 12.4. The van der Waals surface area contributed by atoms with Gasteiger partial charge in [-0.1, -0.05) is 24.3 Å². The molecule has 1 aromatic carbocycles. The fraction of sp³-hybridized carbons (Fsp3) is 0.500. The molecule has 0 heterocycles. The summed E-state index contributed by atoms with van der Waals surface area (Å²) in [4.78, 5) is 0. The molecule has 0 bridgehead atoms. The predicted molar refractivity (Wildman–Crippen MR) is 67.0 cm³/mol. The highest BCUT2D eigenvalue weighted by atomic mass is 32.2. The topological polar surface area (TPSA) is 60.2 Å². The van der Waals surface area contributed by atoms with E-state index in [0.717, 1.165) is 17.5 Å². The van der Waals surface area contributed by atoms with E-state index in [0.29, 0.717) is 0 Å². The smallest absolute Gasteiger partial charge is 0.151 e. The molecule has 4 heteroatoms. The third-order valence-electron chi connectivity index (χ3n) is 2.08. The fourth-order valence-corrected chi connectivity index (χ4v) is 2.44. The van der Waals surface area contributed by atoms with Gasteiger partial charge in [0.2, 0.25) is 0 Å². The lowest BCUT2D eigenvalue weighted by Crippen LogP contribution is -2.34. The summed E-state index contributed by atoms with van der Waals surface area (Å²) < 4.78 is 22.3.